The standard InChI is InChI=1S/C26H20N2O6S/c1-28-23(29)22(35-26(28)27-20-12-10-18(11-13-20)25(32)33)14-19-4-2-3-5-21(19)34-15-16-6-8-17(9-7-16)24(30)31/h2-14H,15H2,1H3,(H,30,31)(H,32,33). The third kappa shape index (κ3) is 5.59. The molecule has 0 radical (unpaired) electrons. The molecule has 1 aliphatic rings. The average molecular weight is 489 g/mol. The number of para-hydroxylation sites is 1. The second-order valence-corrected chi connectivity index (χ2v) is 8.56. The molecular formula is C26H20N2O6S. The van der Waals surface area contributed by atoms with Crippen molar-refractivity contribution in [1.82, 2.24) is 4.90 Å². The van der Waals surface area contributed by atoms with E-state index < -0.39 is 11.9 Å². The van der Waals surface area contributed by atoms with Gasteiger partial charge < -0.3 is 14.9 Å². The Morgan fingerprint density at radius 2 is 1.54 bits per heavy atom. The summed E-state index contributed by atoms with van der Waals surface area (Å²) in [6, 6.07) is 19.8. The van der Waals surface area contributed by atoms with Crippen molar-refractivity contribution in [3.8, 4) is 5.75 Å². The molecule has 0 unspecified atom stereocenters. The molecule has 0 aromatic heterocycles. The van der Waals surface area contributed by atoms with Crippen LogP contribution in [0.15, 0.2) is 82.7 Å². The minimum Gasteiger partial charge on any atom is -0.488 e. The molecular weight excluding hydrogens is 468 g/mol. The predicted molar refractivity (Wildman–Crippen MR) is 133 cm³/mol. The van der Waals surface area contributed by atoms with Gasteiger partial charge in [-0.25, -0.2) is 14.6 Å². The number of aliphatic imine (C=N–C) groups is 1. The van der Waals surface area contributed by atoms with Gasteiger partial charge in [0.1, 0.15) is 12.4 Å². The first-order valence-corrected chi connectivity index (χ1v) is 11.3. The number of aromatic carboxylic acids is 2. The molecule has 176 valence electrons. The zero-order valence-electron chi connectivity index (χ0n) is 18.5. The number of thioether (sulfide) groups is 1. The van der Waals surface area contributed by atoms with Crippen LogP contribution < -0.4 is 4.74 Å². The van der Waals surface area contributed by atoms with Gasteiger partial charge in [-0.2, -0.15) is 0 Å². The lowest BCUT2D eigenvalue weighted by molar-refractivity contribution is -0.121. The van der Waals surface area contributed by atoms with Crippen LogP contribution >= 0.6 is 11.8 Å². The summed E-state index contributed by atoms with van der Waals surface area (Å²) >= 11 is 1.21. The maximum absolute atomic E-state index is 12.8. The van der Waals surface area contributed by atoms with Crippen LogP contribution in [0.4, 0.5) is 5.69 Å². The van der Waals surface area contributed by atoms with Crippen LogP contribution in [0, 0.1) is 0 Å². The molecule has 0 bridgehead atoms. The highest BCUT2D eigenvalue weighted by molar-refractivity contribution is 8.18. The number of hydrogen-bond donors (Lipinski definition) is 2. The van der Waals surface area contributed by atoms with Gasteiger partial charge >= 0.3 is 11.9 Å². The van der Waals surface area contributed by atoms with Crippen molar-refractivity contribution in [2.75, 3.05) is 7.05 Å². The first-order valence-electron chi connectivity index (χ1n) is 10.5. The minimum absolute atomic E-state index is 0.160. The third-order valence-corrected chi connectivity index (χ3v) is 6.20. The Labute approximate surface area is 205 Å². The summed E-state index contributed by atoms with van der Waals surface area (Å²) in [7, 11) is 1.63. The molecule has 8 nitrogen and oxygen atoms in total. The number of carbonyl (C=O) groups is 3. The normalized spacial score (nSPS) is 15.6. The quantitative estimate of drug-likeness (QED) is 0.455. The SMILES string of the molecule is CN1C(=O)C(=Cc2ccccc2OCc2ccc(C(=O)O)cc2)SC1=Nc1ccc(C(=O)O)cc1. The maximum Gasteiger partial charge on any atom is 0.335 e. The van der Waals surface area contributed by atoms with Crippen molar-refractivity contribution in [2.24, 2.45) is 4.99 Å². The largest absolute Gasteiger partial charge is 0.488 e. The molecule has 0 atom stereocenters. The molecule has 35 heavy (non-hydrogen) atoms. The Balaban J connectivity index is 1.51. The van der Waals surface area contributed by atoms with Gasteiger partial charge in [0, 0.05) is 12.6 Å². The Morgan fingerprint density at radius 3 is 2.17 bits per heavy atom. The molecule has 9 heteroatoms. The van der Waals surface area contributed by atoms with E-state index in [4.69, 9.17) is 14.9 Å². The molecule has 1 amide bonds. The van der Waals surface area contributed by atoms with Crippen LogP contribution in [0.2, 0.25) is 0 Å². The Morgan fingerprint density at radius 1 is 0.943 bits per heavy atom. The molecule has 1 heterocycles. The number of ether oxygens (including phenoxy) is 1. The van der Waals surface area contributed by atoms with E-state index in [0.29, 0.717) is 27.1 Å². The van der Waals surface area contributed by atoms with Crippen molar-refractivity contribution in [3.05, 3.63) is 100.0 Å². The van der Waals surface area contributed by atoms with Gasteiger partial charge in [-0.05, 0) is 65.9 Å². The van der Waals surface area contributed by atoms with Crippen molar-refractivity contribution in [1.29, 1.82) is 0 Å². The fourth-order valence-corrected chi connectivity index (χ4v) is 4.20. The number of carbonyl (C=O) groups excluding carboxylic acids is 1. The van der Waals surface area contributed by atoms with E-state index in [1.54, 1.807) is 43.5 Å². The Hall–Kier alpha value is -4.37. The van der Waals surface area contributed by atoms with Gasteiger partial charge in [-0.15, -0.1) is 0 Å². The highest BCUT2D eigenvalue weighted by Gasteiger charge is 2.30. The summed E-state index contributed by atoms with van der Waals surface area (Å²) in [5.41, 5.74) is 2.43. The Kier molecular flexibility index (Phi) is 6.98. The van der Waals surface area contributed by atoms with Crippen LogP contribution in [-0.4, -0.2) is 45.2 Å². The second-order valence-electron chi connectivity index (χ2n) is 7.55. The lowest BCUT2D eigenvalue weighted by Crippen LogP contribution is -2.23. The van der Waals surface area contributed by atoms with Gasteiger partial charge in [-0.3, -0.25) is 9.69 Å². The van der Waals surface area contributed by atoms with Crippen molar-refractivity contribution in [2.45, 2.75) is 6.61 Å². The summed E-state index contributed by atoms with van der Waals surface area (Å²) in [6.07, 6.45) is 1.74. The molecule has 1 saturated heterocycles. The van der Waals surface area contributed by atoms with Crippen LogP contribution in [-0.2, 0) is 11.4 Å². The van der Waals surface area contributed by atoms with Crippen LogP contribution in [0.1, 0.15) is 31.8 Å². The zero-order chi connectivity index (χ0) is 24.9. The minimum atomic E-state index is -1.02. The van der Waals surface area contributed by atoms with Crippen molar-refractivity contribution < 1.29 is 29.3 Å². The molecule has 3 aromatic rings. The molecule has 0 aliphatic carbocycles. The van der Waals surface area contributed by atoms with E-state index in [-0.39, 0.29) is 23.6 Å². The molecule has 3 aromatic carbocycles. The van der Waals surface area contributed by atoms with Gasteiger partial charge in [0.2, 0.25) is 0 Å². The summed E-state index contributed by atoms with van der Waals surface area (Å²) in [6.45, 7) is 0.236. The van der Waals surface area contributed by atoms with Gasteiger partial charge in [0.05, 0.1) is 21.7 Å². The van der Waals surface area contributed by atoms with Crippen LogP contribution in [0.25, 0.3) is 6.08 Å². The predicted octanol–water partition coefficient (Wildman–Crippen LogP) is 4.90. The third-order valence-electron chi connectivity index (χ3n) is 5.14. The highest BCUT2D eigenvalue weighted by Crippen LogP contribution is 2.34. The van der Waals surface area contributed by atoms with Gasteiger partial charge in [0.25, 0.3) is 5.91 Å². The molecule has 0 spiro atoms. The van der Waals surface area contributed by atoms with Gasteiger partial charge in [-0.1, -0.05) is 30.3 Å². The summed E-state index contributed by atoms with van der Waals surface area (Å²) < 4.78 is 5.94. The molecule has 1 fully saturated rings. The number of amidine groups is 1. The van der Waals surface area contributed by atoms with E-state index in [1.165, 1.54) is 40.9 Å². The van der Waals surface area contributed by atoms with Crippen LogP contribution in [0.5, 0.6) is 5.75 Å². The van der Waals surface area contributed by atoms with E-state index in [0.717, 1.165) is 5.56 Å². The average Bonchev–Trinajstić information content (AvgIpc) is 3.11. The maximum atomic E-state index is 12.8. The van der Waals surface area contributed by atoms with Crippen molar-refractivity contribution >= 4 is 46.5 Å². The smallest absolute Gasteiger partial charge is 0.335 e. The molecule has 2 N–H and O–H groups in total. The summed E-state index contributed by atoms with van der Waals surface area (Å²) in [5, 5.41) is 18.5. The number of rotatable bonds is 7. The lowest BCUT2D eigenvalue weighted by Gasteiger charge is -2.10. The summed E-state index contributed by atoms with van der Waals surface area (Å²) in [4.78, 5) is 41.2. The monoisotopic (exact) mass is 488 g/mol. The fourth-order valence-electron chi connectivity index (χ4n) is 3.22. The molecule has 0 saturated carbocycles. The topological polar surface area (TPSA) is 117 Å². The first-order chi connectivity index (χ1) is 16.8. The van der Waals surface area contributed by atoms with E-state index in [2.05, 4.69) is 4.99 Å². The highest BCUT2D eigenvalue weighted by atomic mass is 32.2. The number of amides is 1. The van der Waals surface area contributed by atoms with Crippen molar-refractivity contribution in [3.63, 3.8) is 0 Å². The van der Waals surface area contributed by atoms with Crippen LogP contribution in [0.3, 0.4) is 0 Å². The fraction of sp³-hybridized carbons (Fsp3) is 0.0769. The number of benzene rings is 3. The summed E-state index contributed by atoms with van der Waals surface area (Å²) in [5.74, 6) is -1.64. The number of carboxylic acids is 2. The lowest BCUT2D eigenvalue weighted by atomic mass is 10.1. The number of likely N-dealkylation sites (N-methyl/N-ethyl adjacent to an activating group) is 1. The van der Waals surface area contributed by atoms with E-state index >= 15 is 0 Å². The zero-order valence-corrected chi connectivity index (χ0v) is 19.4. The number of carboxylic acid groups (broad SMARTS) is 2. The Bertz CT molecular complexity index is 1350. The number of hydrogen-bond acceptors (Lipinski definition) is 6. The first kappa shape index (κ1) is 23.8. The van der Waals surface area contributed by atoms with E-state index in [9.17, 15) is 14.4 Å². The number of nitrogens with zero attached hydrogens (tertiary/aromatic N) is 2. The molecule has 1 aliphatic heterocycles. The second kappa shape index (κ2) is 10.3. The van der Waals surface area contributed by atoms with Gasteiger partial charge in [0.15, 0.2) is 5.17 Å². The van der Waals surface area contributed by atoms with E-state index in [1.807, 2.05) is 18.2 Å². The molecule has 4 rings (SSSR count).